The minimum absolute atomic E-state index is 0.0247. The van der Waals surface area contributed by atoms with E-state index in [0.29, 0.717) is 24.5 Å². The highest BCUT2D eigenvalue weighted by atomic mass is 79.9. The van der Waals surface area contributed by atoms with Crippen LogP contribution in [0.1, 0.15) is 23.1 Å². The molecule has 0 aliphatic heterocycles. The van der Waals surface area contributed by atoms with Crippen LogP contribution in [0.2, 0.25) is 0 Å². The Hall–Kier alpha value is -2.72. The number of hydrogen-bond donors (Lipinski definition) is 1. The highest BCUT2D eigenvalue weighted by Crippen LogP contribution is 2.36. The number of halogens is 4. The summed E-state index contributed by atoms with van der Waals surface area (Å²) in [6.07, 6.45) is -0.211. The first-order valence-electron chi connectivity index (χ1n) is 9.44. The van der Waals surface area contributed by atoms with Gasteiger partial charge in [0, 0.05) is 35.4 Å². The zero-order valence-electron chi connectivity index (χ0n) is 16.6. The molecule has 3 rings (SSSR count). The normalized spacial score (nSPS) is 11.9. The summed E-state index contributed by atoms with van der Waals surface area (Å²) in [6.45, 7) is 0. The molecule has 5 nitrogen and oxygen atoms in total. The van der Waals surface area contributed by atoms with Gasteiger partial charge in [0.1, 0.15) is 5.78 Å². The number of nitrogens with zero attached hydrogens (tertiary/aromatic N) is 1. The summed E-state index contributed by atoms with van der Waals surface area (Å²) < 4.78 is 66.3. The molecule has 0 radical (unpaired) electrons. The van der Waals surface area contributed by atoms with Gasteiger partial charge < -0.3 is 0 Å². The largest absolute Gasteiger partial charge is 0.417 e. The number of rotatable bonds is 8. The number of ketones is 1. The lowest BCUT2D eigenvalue weighted by molar-refractivity contribution is -0.138. The zero-order valence-corrected chi connectivity index (χ0v) is 19.0. The Morgan fingerprint density at radius 2 is 1.75 bits per heavy atom. The summed E-state index contributed by atoms with van der Waals surface area (Å²) in [6, 6.07) is 12.5. The summed E-state index contributed by atoms with van der Waals surface area (Å²) in [5.41, 5.74) is 0.757. The van der Waals surface area contributed by atoms with Crippen molar-refractivity contribution in [1.82, 2.24) is 4.98 Å². The van der Waals surface area contributed by atoms with Crippen molar-refractivity contribution in [3.63, 3.8) is 0 Å². The first-order valence-corrected chi connectivity index (χ1v) is 11.7. The van der Waals surface area contributed by atoms with Gasteiger partial charge in [-0.3, -0.25) is 14.5 Å². The Labute approximate surface area is 191 Å². The summed E-state index contributed by atoms with van der Waals surface area (Å²) in [7, 11) is -4.23. The molecule has 0 fully saturated rings. The number of sulfonamides is 1. The lowest BCUT2D eigenvalue weighted by Gasteiger charge is -2.13. The molecule has 0 spiro atoms. The molecule has 3 aromatic rings. The number of pyridine rings is 1. The van der Waals surface area contributed by atoms with Gasteiger partial charge in [-0.2, -0.15) is 13.2 Å². The molecule has 0 bridgehead atoms. The molecule has 0 amide bonds. The van der Waals surface area contributed by atoms with Crippen molar-refractivity contribution < 1.29 is 26.4 Å². The van der Waals surface area contributed by atoms with Crippen LogP contribution in [0.5, 0.6) is 0 Å². The summed E-state index contributed by atoms with van der Waals surface area (Å²) >= 11 is 2.79. The number of aromatic nitrogens is 1. The van der Waals surface area contributed by atoms with Crippen LogP contribution in [-0.2, 0) is 33.8 Å². The molecule has 1 heterocycles. The summed E-state index contributed by atoms with van der Waals surface area (Å²) in [5, 5.41) is 0. The van der Waals surface area contributed by atoms with Crippen LogP contribution < -0.4 is 4.72 Å². The number of nitrogens with one attached hydrogen (secondary N) is 1. The molecule has 1 aromatic heterocycles. The van der Waals surface area contributed by atoms with E-state index in [1.807, 2.05) is 6.07 Å². The van der Waals surface area contributed by atoms with Crippen molar-refractivity contribution in [3.05, 3.63) is 88.2 Å². The number of benzene rings is 2. The van der Waals surface area contributed by atoms with Crippen molar-refractivity contribution in [3.8, 4) is 0 Å². The van der Waals surface area contributed by atoms with E-state index in [0.717, 1.165) is 17.7 Å². The second-order valence-electron chi connectivity index (χ2n) is 7.02. The van der Waals surface area contributed by atoms with Crippen LogP contribution in [0, 0.1) is 0 Å². The van der Waals surface area contributed by atoms with Crippen molar-refractivity contribution in [1.29, 1.82) is 0 Å². The van der Waals surface area contributed by atoms with E-state index in [2.05, 4.69) is 25.6 Å². The Kier molecular flexibility index (Phi) is 7.35. The molecule has 1 N–H and O–H groups in total. The van der Waals surface area contributed by atoms with Crippen molar-refractivity contribution in [2.24, 2.45) is 0 Å². The Morgan fingerprint density at radius 1 is 1.03 bits per heavy atom. The van der Waals surface area contributed by atoms with Gasteiger partial charge in [-0.05, 0) is 53.9 Å². The number of anilines is 1. The summed E-state index contributed by atoms with van der Waals surface area (Å²) in [4.78, 5) is 15.7. The minimum Gasteiger partial charge on any atom is -0.299 e. The second kappa shape index (κ2) is 9.83. The van der Waals surface area contributed by atoms with E-state index in [-0.39, 0.29) is 22.4 Å². The zero-order chi connectivity index (χ0) is 23.4. The predicted molar refractivity (Wildman–Crippen MR) is 118 cm³/mol. The van der Waals surface area contributed by atoms with Crippen LogP contribution in [0.15, 0.2) is 76.4 Å². The third kappa shape index (κ3) is 6.39. The quantitative estimate of drug-likeness (QED) is 0.425. The molecule has 10 heteroatoms. The fourth-order valence-corrected chi connectivity index (χ4v) is 4.50. The summed E-state index contributed by atoms with van der Waals surface area (Å²) in [5.74, 6) is 0.0247. The number of alkyl halides is 3. The molecule has 168 valence electrons. The van der Waals surface area contributed by atoms with Gasteiger partial charge in [-0.15, -0.1) is 0 Å². The number of hydrogen-bond acceptors (Lipinski definition) is 4. The van der Waals surface area contributed by atoms with Crippen LogP contribution in [0.3, 0.4) is 0 Å². The molecular weight excluding hydrogens is 509 g/mol. The third-order valence-corrected chi connectivity index (χ3v) is 6.65. The Bertz CT molecular complexity index is 1200. The van der Waals surface area contributed by atoms with Gasteiger partial charge in [0.15, 0.2) is 0 Å². The van der Waals surface area contributed by atoms with Crippen molar-refractivity contribution in [2.45, 2.75) is 30.3 Å². The lowest BCUT2D eigenvalue weighted by atomic mass is 10.0. The number of carbonyl (C=O) groups is 1. The predicted octanol–water partition coefficient (Wildman–Crippen LogP) is 5.41. The monoisotopic (exact) mass is 526 g/mol. The number of aryl methyl sites for hydroxylation is 1. The van der Waals surface area contributed by atoms with E-state index < -0.39 is 26.7 Å². The molecule has 32 heavy (non-hydrogen) atoms. The average molecular weight is 527 g/mol. The number of carbonyl (C=O) groups excluding carboxylic acids is 1. The van der Waals surface area contributed by atoms with Crippen LogP contribution in [0.4, 0.5) is 18.9 Å². The van der Waals surface area contributed by atoms with E-state index in [1.165, 1.54) is 12.1 Å². The maximum Gasteiger partial charge on any atom is 0.417 e. The van der Waals surface area contributed by atoms with Crippen LogP contribution in [-0.4, -0.2) is 19.2 Å². The fraction of sp³-hybridized carbons (Fsp3) is 0.182. The maximum absolute atomic E-state index is 13.1. The van der Waals surface area contributed by atoms with Crippen LogP contribution in [0.25, 0.3) is 0 Å². The molecule has 0 saturated heterocycles. The highest BCUT2D eigenvalue weighted by Gasteiger charge is 2.34. The van der Waals surface area contributed by atoms with Crippen molar-refractivity contribution in [2.75, 3.05) is 4.72 Å². The minimum atomic E-state index is -4.70. The van der Waals surface area contributed by atoms with Gasteiger partial charge in [-0.1, -0.05) is 34.1 Å². The van der Waals surface area contributed by atoms with Crippen molar-refractivity contribution >= 4 is 37.4 Å². The molecule has 0 saturated carbocycles. The van der Waals surface area contributed by atoms with Crippen LogP contribution >= 0.6 is 15.9 Å². The Balaban J connectivity index is 1.64. The first kappa shape index (κ1) is 23.9. The SMILES string of the molecule is O=C(CCc1cccnc1)Cc1ccc(NS(=O)(=O)c2ccc(Br)c(C(F)(F)F)c2)cc1. The van der Waals surface area contributed by atoms with E-state index in [1.54, 1.807) is 30.6 Å². The van der Waals surface area contributed by atoms with Gasteiger partial charge in [0.25, 0.3) is 10.0 Å². The fourth-order valence-electron chi connectivity index (χ4n) is 2.94. The molecule has 0 atom stereocenters. The molecule has 0 aliphatic rings. The molecule has 0 unspecified atom stereocenters. The lowest BCUT2D eigenvalue weighted by Crippen LogP contribution is -2.15. The Morgan fingerprint density at radius 3 is 2.38 bits per heavy atom. The van der Waals surface area contributed by atoms with Gasteiger partial charge in [0.05, 0.1) is 10.5 Å². The van der Waals surface area contributed by atoms with Gasteiger partial charge >= 0.3 is 6.18 Å². The second-order valence-corrected chi connectivity index (χ2v) is 9.56. The smallest absolute Gasteiger partial charge is 0.299 e. The van der Waals surface area contributed by atoms with Gasteiger partial charge in [-0.25, -0.2) is 8.42 Å². The topological polar surface area (TPSA) is 76.1 Å². The van der Waals surface area contributed by atoms with Gasteiger partial charge in [0.2, 0.25) is 0 Å². The maximum atomic E-state index is 13.1. The van der Waals surface area contributed by atoms with E-state index >= 15 is 0 Å². The standard InChI is InChI=1S/C22H18BrF3N2O3S/c23-21-10-9-19(13-20(21)22(24,25)26)32(30,31)28-17-6-3-15(4-7-17)12-18(29)8-5-16-2-1-11-27-14-16/h1-4,6-7,9-11,13-14,28H,5,8,12H2. The average Bonchev–Trinajstić information content (AvgIpc) is 2.73. The molecule has 2 aromatic carbocycles. The van der Waals surface area contributed by atoms with E-state index in [4.69, 9.17) is 0 Å². The highest BCUT2D eigenvalue weighted by molar-refractivity contribution is 9.10. The first-order chi connectivity index (χ1) is 15.0. The molecule has 0 aliphatic carbocycles. The molecular formula is C22H18BrF3N2O3S. The third-order valence-electron chi connectivity index (χ3n) is 4.58. The van der Waals surface area contributed by atoms with E-state index in [9.17, 15) is 26.4 Å². The number of Topliss-reactive ketones (excluding diaryl/α,β-unsaturated/α-hetero) is 1.